The van der Waals surface area contributed by atoms with Crippen LogP contribution >= 0.6 is 0 Å². The zero-order chi connectivity index (χ0) is 10.7. The molecule has 0 aliphatic heterocycles. The number of halogens is 2. The quantitative estimate of drug-likeness (QED) is 0.778. The highest BCUT2D eigenvalue weighted by Crippen LogP contribution is 2.30. The number of pyridine rings is 1. The third-order valence-corrected chi connectivity index (χ3v) is 1.65. The Morgan fingerprint density at radius 1 is 1.57 bits per heavy atom. The highest BCUT2D eigenvalue weighted by Gasteiger charge is 2.18. The Bertz CT molecular complexity index is 331. The molecule has 0 atom stereocenters. The van der Waals surface area contributed by atoms with Gasteiger partial charge in [0.05, 0.1) is 13.7 Å². The number of aliphatic hydroxyl groups excluding tert-OH is 1. The van der Waals surface area contributed by atoms with Crippen LogP contribution in [-0.4, -0.2) is 22.3 Å². The zero-order valence-electron chi connectivity index (χ0n) is 7.37. The predicted octanol–water partition coefficient (Wildman–Crippen LogP) is 1.23. The number of hydrogen-bond donors (Lipinski definition) is 2. The molecule has 1 rings (SSSR count). The van der Waals surface area contributed by atoms with Crippen LogP contribution in [0.4, 0.5) is 8.78 Å². The first-order valence-electron chi connectivity index (χ1n) is 3.76. The minimum absolute atomic E-state index is 0.113. The van der Waals surface area contributed by atoms with E-state index in [1.807, 2.05) is 0 Å². The second kappa shape index (κ2) is 4.19. The van der Waals surface area contributed by atoms with Gasteiger partial charge in [0.15, 0.2) is 5.75 Å². The van der Waals surface area contributed by atoms with Gasteiger partial charge in [-0.05, 0) is 6.07 Å². The number of nitrogens with zero attached hydrogens (tertiary/aromatic N) is 1. The van der Waals surface area contributed by atoms with E-state index in [1.54, 1.807) is 0 Å². The lowest BCUT2D eigenvalue weighted by atomic mass is 10.2. The zero-order valence-corrected chi connectivity index (χ0v) is 7.37. The molecule has 0 saturated carbocycles. The van der Waals surface area contributed by atoms with E-state index in [2.05, 4.69) is 9.72 Å². The molecular formula is C8H9F2NO3. The average molecular weight is 205 g/mol. The summed E-state index contributed by atoms with van der Waals surface area (Å²) in [5, 5.41) is 17.9. The van der Waals surface area contributed by atoms with Crippen molar-refractivity contribution in [1.29, 1.82) is 0 Å². The Labute approximate surface area is 78.8 Å². The fourth-order valence-corrected chi connectivity index (χ4v) is 1.00. The van der Waals surface area contributed by atoms with Gasteiger partial charge in [-0.3, -0.25) is 0 Å². The lowest BCUT2D eigenvalue weighted by Gasteiger charge is -2.09. The lowest BCUT2D eigenvalue weighted by Crippen LogP contribution is -2.01. The molecular weight excluding hydrogens is 196 g/mol. The van der Waals surface area contributed by atoms with Crippen molar-refractivity contribution < 1.29 is 23.7 Å². The maximum atomic E-state index is 12.4. The number of aromatic hydroxyl groups is 1. The van der Waals surface area contributed by atoms with Crippen LogP contribution in [0.15, 0.2) is 6.07 Å². The van der Waals surface area contributed by atoms with Crippen molar-refractivity contribution in [2.45, 2.75) is 13.0 Å². The Morgan fingerprint density at radius 3 is 2.64 bits per heavy atom. The molecule has 0 aliphatic rings. The van der Waals surface area contributed by atoms with Crippen LogP contribution in [0.2, 0.25) is 0 Å². The van der Waals surface area contributed by atoms with Gasteiger partial charge in [0.25, 0.3) is 12.3 Å². The monoisotopic (exact) mass is 205 g/mol. The molecule has 78 valence electrons. The molecule has 0 aromatic carbocycles. The van der Waals surface area contributed by atoms with E-state index in [9.17, 15) is 13.9 Å². The van der Waals surface area contributed by atoms with E-state index >= 15 is 0 Å². The van der Waals surface area contributed by atoms with E-state index in [1.165, 1.54) is 7.11 Å². The highest BCUT2D eigenvalue weighted by atomic mass is 19.3. The van der Waals surface area contributed by atoms with Crippen LogP contribution in [0.5, 0.6) is 11.6 Å². The Kier molecular flexibility index (Phi) is 3.19. The minimum atomic E-state index is -2.81. The van der Waals surface area contributed by atoms with E-state index in [-0.39, 0.29) is 17.2 Å². The molecule has 14 heavy (non-hydrogen) atoms. The van der Waals surface area contributed by atoms with Crippen molar-refractivity contribution in [3.05, 3.63) is 17.3 Å². The second-order valence-corrected chi connectivity index (χ2v) is 2.52. The first-order valence-corrected chi connectivity index (χ1v) is 3.76. The third kappa shape index (κ3) is 1.90. The van der Waals surface area contributed by atoms with Gasteiger partial charge >= 0.3 is 0 Å². The van der Waals surface area contributed by atoms with Gasteiger partial charge < -0.3 is 14.9 Å². The van der Waals surface area contributed by atoms with Crippen molar-refractivity contribution in [3.8, 4) is 11.6 Å². The summed E-state index contributed by atoms with van der Waals surface area (Å²) in [4.78, 5) is 3.38. The topological polar surface area (TPSA) is 62.6 Å². The predicted molar refractivity (Wildman–Crippen MR) is 43.3 cm³/mol. The Balaban J connectivity index is 3.25. The fraction of sp³-hybridized carbons (Fsp3) is 0.375. The molecule has 1 aromatic rings. The summed E-state index contributed by atoms with van der Waals surface area (Å²) in [5.41, 5.74) is -0.694. The minimum Gasteiger partial charge on any atom is -0.503 e. The van der Waals surface area contributed by atoms with Crippen LogP contribution in [0, 0.1) is 0 Å². The summed E-state index contributed by atoms with van der Waals surface area (Å²) < 4.78 is 29.3. The first kappa shape index (κ1) is 10.6. The highest BCUT2D eigenvalue weighted by molar-refractivity contribution is 5.38. The third-order valence-electron chi connectivity index (χ3n) is 1.65. The summed E-state index contributed by atoms with van der Waals surface area (Å²) in [7, 11) is 1.20. The molecule has 1 heterocycles. The van der Waals surface area contributed by atoms with Crippen molar-refractivity contribution >= 4 is 0 Å². The van der Waals surface area contributed by atoms with E-state index in [4.69, 9.17) is 5.11 Å². The molecule has 0 aliphatic carbocycles. The van der Waals surface area contributed by atoms with Crippen LogP contribution in [0.3, 0.4) is 0 Å². The molecule has 0 amide bonds. The van der Waals surface area contributed by atoms with Gasteiger partial charge in [0.1, 0.15) is 5.69 Å². The smallest absolute Gasteiger partial charge is 0.280 e. The first-order chi connectivity index (χ1) is 6.60. The van der Waals surface area contributed by atoms with Gasteiger partial charge in [-0.25, -0.2) is 13.8 Å². The number of aromatic nitrogens is 1. The Morgan fingerprint density at radius 2 is 2.21 bits per heavy atom. The Hall–Kier alpha value is -1.43. The molecule has 0 spiro atoms. The van der Waals surface area contributed by atoms with Crippen LogP contribution in [0.1, 0.15) is 17.7 Å². The van der Waals surface area contributed by atoms with Gasteiger partial charge in [0, 0.05) is 5.56 Å². The summed E-state index contributed by atoms with van der Waals surface area (Å²) >= 11 is 0. The van der Waals surface area contributed by atoms with Crippen molar-refractivity contribution in [1.82, 2.24) is 4.98 Å². The lowest BCUT2D eigenvalue weighted by molar-refractivity contribution is 0.140. The second-order valence-electron chi connectivity index (χ2n) is 2.52. The maximum absolute atomic E-state index is 12.4. The number of methoxy groups -OCH3 is 1. The SMILES string of the molecule is COc1nc(C(F)F)c(CO)cc1O. The normalized spacial score (nSPS) is 10.6. The molecule has 6 heteroatoms. The van der Waals surface area contributed by atoms with E-state index < -0.39 is 18.7 Å². The summed E-state index contributed by atoms with van der Waals surface area (Å²) in [5.74, 6) is -0.654. The summed E-state index contributed by atoms with van der Waals surface area (Å²) in [6.45, 7) is -0.607. The van der Waals surface area contributed by atoms with E-state index in [0.717, 1.165) is 6.07 Å². The van der Waals surface area contributed by atoms with Crippen molar-refractivity contribution in [3.63, 3.8) is 0 Å². The average Bonchev–Trinajstić information content (AvgIpc) is 2.16. The largest absolute Gasteiger partial charge is 0.503 e. The number of rotatable bonds is 3. The van der Waals surface area contributed by atoms with Crippen LogP contribution in [0.25, 0.3) is 0 Å². The number of hydrogen-bond acceptors (Lipinski definition) is 4. The molecule has 0 fully saturated rings. The maximum Gasteiger partial charge on any atom is 0.280 e. The van der Waals surface area contributed by atoms with Gasteiger partial charge in [0.2, 0.25) is 0 Å². The standard InChI is InChI=1S/C8H9F2NO3/c1-14-8-5(13)2-4(3-12)6(11-8)7(9)10/h2,7,12-13H,3H2,1H3. The summed E-state index contributed by atoms with van der Waals surface area (Å²) in [6.07, 6.45) is -2.81. The van der Waals surface area contributed by atoms with Gasteiger partial charge in [-0.15, -0.1) is 0 Å². The summed E-state index contributed by atoms with van der Waals surface area (Å²) in [6, 6.07) is 1.01. The molecule has 0 bridgehead atoms. The molecule has 4 nitrogen and oxygen atoms in total. The molecule has 0 radical (unpaired) electrons. The molecule has 0 saturated heterocycles. The van der Waals surface area contributed by atoms with E-state index in [0.29, 0.717) is 0 Å². The van der Waals surface area contributed by atoms with Crippen molar-refractivity contribution in [2.75, 3.05) is 7.11 Å². The number of aliphatic hydroxyl groups is 1. The molecule has 2 N–H and O–H groups in total. The van der Waals surface area contributed by atoms with Crippen molar-refractivity contribution in [2.24, 2.45) is 0 Å². The van der Waals surface area contributed by atoms with Crippen LogP contribution < -0.4 is 4.74 Å². The molecule has 0 unspecified atom stereocenters. The van der Waals surface area contributed by atoms with Crippen LogP contribution in [-0.2, 0) is 6.61 Å². The van der Waals surface area contributed by atoms with Gasteiger partial charge in [-0.1, -0.05) is 0 Å². The number of alkyl halides is 2. The number of ether oxygens (including phenoxy) is 1. The molecule has 1 aromatic heterocycles. The van der Waals surface area contributed by atoms with Gasteiger partial charge in [-0.2, -0.15) is 0 Å². The fourth-order valence-electron chi connectivity index (χ4n) is 1.00.